The smallest absolute Gasteiger partial charge is 0.396 e. The molecule has 0 aliphatic heterocycles. The molecule has 0 atom stereocenters. The predicted octanol–water partition coefficient (Wildman–Crippen LogP) is 7.38. The molecule has 0 rings (SSSR count). The van der Waals surface area contributed by atoms with Crippen molar-refractivity contribution in [2.75, 3.05) is 13.2 Å². The van der Waals surface area contributed by atoms with Crippen molar-refractivity contribution < 1.29 is 88.2 Å². The largest absolute Gasteiger partial charge is 0.460 e. The van der Waals surface area contributed by atoms with Crippen LogP contribution in [0.3, 0.4) is 0 Å². The molecule has 0 saturated heterocycles. The second kappa shape index (κ2) is 13.1. The first-order valence-electron chi connectivity index (χ1n) is 11.4. The maximum absolute atomic E-state index is 13.9. The molecule has 0 unspecified atom stereocenters. The zero-order valence-corrected chi connectivity index (χ0v) is 21.2. The number of hydrogen-bond donors (Lipinski definition) is 2. The van der Waals surface area contributed by atoms with Gasteiger partial charge in [0.05, 0.1) is 0 Å². The van der Waals surface area contributed by atoms with E-state index in [9.17, 15) is 83.1 Å². The van der Waals surface area contributed by atoms with Crippen LogP contribution in [0.15, 0.2) is 0 Å². The number of alkyl halides is 17. The molecule has 0 aliphatic rings. The zero-order valence-electron chi connectivity index (χ0n) is 20.4. The fourth-order valence-electron chi connectivity index (χ4n) is 3.09. The van der Waals surface area contributed by atoms with Gasteiger partial charge in [0.1, 0.15) is 0 Å². The molecule has 248 valence electrons. The van der Waals surface area contributed by atoms with Crippen molar-refractivity contribution in [3.63, 3.8) is 0 Å². The average molecular weight is 669 g/mol. The van der Waals surface area contributed by atoms with E-state index in [1.54, 1.807) is 0 Å². The average Bonchev–Trinajstić information content (AvgIpc) is 2.80. The highest BCUT2D eigenvalue weighted by atomic mass is 32.2. The summed E-state index contributed by atoms with van der Waals surface area (Å²) in [5.41, 5.74) is 0. The van der Waals surface area contributed by atoms with Gasteiger partial charge in [0.25, 0.3) is 10.0 Å². The molecule has 0 bridgehead atoms. The van der Waals surface area contributed by atoms with E-state index in [0.717, 1.165) is 12.8 Å². The Morgan fingerprint density at radius 3 is 1.07 bits per heavy atom. The van der Waals surface area contributed by atoms with Gasteiger partial charge in [-0.25, -0.2) is 13.1 Å². The predicted molar refractivity (Wildman–Crippen MR) is 106 cm³/mol. The van der Waals surface area contributed by atoms with E-state index in [2.05, 4.69) is 0 Å². The first kappa shape index (κ1) is 39.7. The van der Waals surface area contributed by atoms with Gasteiger partial charge in [-0.2, -0.15) is 74.6 Å². The Morgan fingerprint density at radius 1 is 0.439 bits per heavy atom. The summed E-state index contributed by atoms with van der Waals surface area (Å²) in [5.74, 6) is -51.6. The molecule has 4 nitrogen and oxygen atoms in total. The minimum absolute atomic E-state index is 0.00404. The summed E-state index contributed by atoms with van der Waals surface area (Å²) in [6.07, 6.45) is -4.14. The van der Waals surface area contributed by atoms with Crippen molar-refractivity contribution in [3.05, 3.63) is 0 Å². The van der Waals surface area contributed by atoms with Crippen molar-refractivity contribution in [1.29, 1.82) is 0 Å². The SMILES string of the molecule is O=S(=O)(NCCCCCCCCCCCO)C(F)(F)C(F)(F)C(F)(F)C(F)(F)C(F)(F)C(F)(F)C(F)(F)C(F)(F)F. The van der Waals surface area contributed by atoms with Crippen LogP contribution in [-0.2, 0) is 10.0 Å². The number of rotatable bonds is 19. The number of hydrogen-bond acceptors (Lipinski definition) is 3. The monoisotopic (exact) mass is 669 g/mol. The van der Waals surface area contributed by atoms with Gasteiger partial charge in [-0.1, -0.05) is 44.9 Å². The second-order valence-electron chi connectivity index (χ2n) is 8.76. The normalized spacial score (nSPS) is 15.5. The summed E-state index contributed by atoms with van der Waals surface area (Å²) >= 11 is 0. The van der Waals surface area contributed by atoms with Gasteiger partial charge in [0.2, 0.25) is 0 Å². The third-order valence-electron chi connectivity index (χ3n) is 5.66. The van der Waals surface area contributed by atoms with Crippen LogP contribution >= 0.6 is 0 Å². The second-order valence-corrected chi connectivity index (χ2v) is 10.6. The molecule has 0 fully saturated rings. The van der Waals surface area contributed by atoms with Gasteiger partial charge in [-0.3, -0.25) is 0 Å². The van der Waals surface area contributed by atoms with Crippen LogP contribution in [0.2, 0.25) is 0 Å². The van der Waals surface area contributed by atoms with Gasteiger partial charge in [-0.15, -0.1) is 0 Å². The minimum Gasteiger partial charge on any atom is -0.396 e. The molecule has 0 aromatic heterocycles. The first-order valence-corrected chi connectivity index (χ1v) is 12.9. The van der Waals surface area contributed by atoms with Crippen molar-refractivity contribution in [2.24, 2.45) is 0 Å². The Bertz CT molecular complexity index is 936. The molecule has 0 aromatic rings. The molecule has 0 heterocycles. The molecule has 0 spiro atoms. The molecule has 0 radical (unpaired) electrons. The molecule has 0 saturated carbocycles. The van der Waals surface area contributed by atoms with Crippen LogP contribution in [0.25, 0.3) is 0 Å². The molecule has 0 aliphatic carbocycles. The van der Waals surface area contributed by atoms with Crippen LogP contribution in [0.1, 0.15) is 57.8 Å². The van der Waals surface area contributed by atoms with E-state index in [4.69, 9.17) is 5.11 Å². The first-order chi connectivity index (χ1) is 18.1. The summed E-state index contributed by atoms with van der Waals surface area (Å²) in [4.78, 5) is 0. The summed E-state index contributed by atoms with van der Waals surface area (Å²) < 4.78 is 249. The Kier molecular flexibility index (Phi) is 12.7. The van der Waals surface area contributed by atoms with E-state index in [1.165, 1.54) is 0 Å². The molecule has 41 heavy (non-hydrogen) atoms. The van der Waals surface area contributed by atoms with Gasteiger partial charge < -0.3 is 5.11 Å². The lowest BCUT2D eigenvalue weighted by molar-refractivity contribution is -0.458. The fraction of sp³-hybridized carbons (Fsp3) is 1.00. The summed E-state index contributed by atoms with van der Waals surface area (Å²) in [6, 6.07) is 0. The highest BCUT2D eigenvalue weighted by molar-refractivity contribution is 7.90. The molecular weight excluding hydrogens is 645 g/mol. The number of unbranched alkanes of at least 4 members (excludes halogenated alkanes) is 8. The highest BCUT2D eigenvalue weighted by Gasteiger charge is 2.96. The zero-order chi connectivity index (χ0) is 33.0. The number of sulfonamides is 1. The Balaban J connectivity index is 5.76. The lowest BCUT2D eigenvalue weighted by atomic mass is 9.91. The van der Waals surface area contributed by atoms with Crippen molar-refractivity contribution in [2.45, 2.75) is 105 Å². The molecular formula is C19H24F17NO3S. The van der Waals surface area contributed by atoms with Gasteiger partial charge in [0, 0.05) is 13.2 Å². The van der Waals surface area contributed by atoms with E-state index in [1.807, 2.05) is 0 Å². The topological polar surface area (TPSA) is 66.4 Å². The van der Waals surface area contributed by atoms with Crippen molar-refractivity contribution in [3.8, 4) is 0 Å². The number of aliphatic hydroxyl groups is 1. The Morgan fingerprint density at radius 2 is 0.732 bits per heavy atom. The third-order valence-corrected chi connectivity index (χ3v) is 7.17. The molecule has 0 amide bonds. The van der Waals surface area contributed by atoms with Crippen LogP contribution in [0.4, 0.5) is 74.6 Å². The molecule has 22 heteroatoms. The van der Waals surface area contributed by atoms with Gasteiger partial charge in [-0.05, 0) is 12.8 Å². The van der Waals surface area contributed by atoms with Crippen LogP contribution in [0.5, 0.6) is 0 Å². The standard InChI is InChI=1S/C19H24F17NO3S/c20-12(21,14(24,25)16(28,29)18(32,33)34)13(22,23)15(26,27)17(30,31)19(35,36)41(39,40)37-10-8-6-4-2-1-3-5-7-9-11-38/h37-38H,1-11H2. The van der Waals surface area contributed by atoms with Crippen molar-refractivity contribution in [1.82, 2.24) is 4.72 Å². The van der Waals surface area contributed by atoms with E-state index in [-0.39, 0.29) is 13.0 Å². The van der Waals surface area contributed by atoms with Crippen molar-refractivity contribution >= 4 is 10.0 Å². The number of halogens is 17. The fourth-order valence-corrected chi connectivity index (χ4v) is 4.15. The maximum Gasteiger partial charge on any atom is 0.460 e. The van der Waals surface area contributed by atoms with Crippen LogP contribution in [-0.4, -0.2) is 73.6 Å². The Labute approximate surface area is 221 Å². The van der Waals surface area contributed by atoms with Gasteiger partial charge >= 0.3 is 47.0 Å². The lowest BCUT2D eigenvalue weighted by Gasteiger charge is -2.42. The van der Waals surface area contributed by atoms with Gasteiger partial charge in [0.15, 0.2) is 0 Å². The van der Waals surface area contributed by atoms with Crippen LogP contribution < -0.4 is 4.72 Å². The Hall–Kier alpha value is -1.32. The summed E-state index contributed by atoms with van der Waals surface area (Å²) in [5, 5.41) is 1.08. The third kappa shape index (κ3) is 7.26. The summed E-state index contributed by atoms with van der Waals surface area (Å²) in [7, 11) is -7.23. The maximum atomic E-state index is 13.9. The molecule has 2 N–H and O–H groups in total. The van der Waals surface area contributed by atoms with E-state index >= 15 is 0 Å². The number of nitrogens with one attached hydrogen (secondary N) is 1. The minimum atomic E-state index is -8.83. The number of aliphatic hydroxyl groups excluding tert-OH is 1. The van der Waals surface area contributed by atoms with E-state index in [0.29, 0.717) is 36.8 Å². The quantitative estimate of drug-likeness (QED) is 0.112. The lowest BCUT2D eigenvalue weighted by Crippen LogP contribution is -2.75. The van der Waals surface area contributed by atoms with E-state index < -0.39 is 70.0 Å². The van der Waals surface area contributed by atoms with Crippen LogP contribution in [0, 0.1) is 0 Å². The molecule has 0 aromatic carbocycles. The summed E-state index contributed by atoms with van der Waals surface area (Å²) in [6.45, 7) is -1.25. The highest BCUT2D eigenvalue weighted by Crippen LogP contribution is 2.64.